The first kappa shape index (κ1) is 79.0. The van der Waals surface area contributed by atoms with Gasteiger partial charge in [-0.1, -0.05) is 121 Å². The lowest BCUT2D eigenvalue weighted by Crippen LogP contribution is -2.52. The van der Waals surface area contributed by atoms with Gasteiger partial charge in [-0.05, 0) is 118 Å². The van der Waals surface area contributed by atoms with Gasteiger partial charge in [0.15, 0.2) is 41.9 Å². The zero-order valence-electron chi connectivity index (χ0n) is 62.5. The number of nitrogens with zero attached hydrogens (tertiary/aromatic N) is 8. The van der Waals surface area contributed by atoms with E-state index in [0.29, 0.717) is 54.7 Å². The van der Waals surface area contributed by atoms with E-state index in [1.807, 2.05) is 30.3 Å². The number of ether oxygens (including phenoxy) is 8. The molecule has 2 aliphatic heterocycles. The van der Waals surface area contributed by atoms with Crippen molar-refractivity contribution in [2.24, 2.45) is 17.3 Å². The Balaban J connectivity index is 0.731. The first-order valence-electron chi connectivity index (χ1n) is 37.2. The third-order valence-electron chi connectivity index (χ3n) is 20.8. The van der Waals surface area contributed by atoms with E-state index in [1.165, 1.54) is 54.9 Å². The maximum Gasteiger partial charge on any atom is 0.459 e. The highest BCUT2D eigenvalue weighted by Gasteiger charge is 2.65. The molecule has 8 aromatic rings. The Morgan fingerprint density at radius 2 is 1.05 bits per heavy atom. The highest BCUT2D eigenvalue weighted by Crippen LogP contribution is 2.63. The summed E-state index contributed by atoms with van der Waals surface area (Å²) < 4.78 is 108. The van der Waals surface area contributed by atoms with Crippen LogP contribution in [-0.2, 0) is 96.0 Å². The van der Waals surface area contributed by atoms with Crippen molar-refractivity contribution in [3.05, 3.63) is 133 Å². The van der Waals surface area contributed by atoms with E-state index < -0.39 is 142 Å². The minimum absolute atomic E-state index is 0.0101. The molecule has 2 unspecified atom stereocenters. The van der Waals surface area contributed by atoms with E-state index in [4.69, 9.17) is 77.5 Å². The van der Waals surface area contributed by atoms with Gasteiger partial charge in [-0.3, -0.25) is 37.8 Å². The fourth-order valence-electron chi connectivity index (χ4n) is 15.0. The lowest BCUT2D eigenvalue weighted by Gasteiger charge is -2.56. The van der Waals surface area contributed by atoms with Gasteiger partial charge in [0.05, 0.1) is 36.4 Å². The van der Waals surface area contributed by atoms with Crippen molar-refractivity contribution in [2.45, 2.75) is 204 Å². The minimum atomic E-state index is -4.82. The Morgan fingerprint density at radius 1 is 0.568 bits per heavy atom. The Labute approximate surface area is 638 Å². The fraction of sp³-hybridized carbons (Fsp3) is 0.481. The molecule has 32 nitrogen and oxygen atoms in total. The molecule has 6 heterocycles. The number of hydrogen-bond acceptors (Lipinski definition) is 28. The van der Waals surface area contributed by atoms with Gasteiger partial charge in [0.25, 0.3) is 0 Å². The molecule has 4 aromatic heterocycles. The molecule has 13 rings (SSSR count). The molecule has 12 atom stereocenters. The molecule has 5 aliphatic rings. The Kier molecular flexibility index (Phi) is 23.0. The van der Waals surface area contributed by atoms with E-state index in [1.54, 1.807) is 88.4 Å². The summed E-state index contributed by atoms with van der Waals surface area (Å²) in [6.45, 7) is 10.8. The molecule has 0 radical (unpaired) electrons. The predicted octanol–water partition coefficient (Wildman–Crippen LogP) is 10.8. The second-order valence-electron chi connectivity index (χ2n) is 29.4. The molecule has 3 saturated carbocycles. The average molecular weight is 1560 g/mol. The number of esters is 6. The van der Waals surface area contributed by atoms with E-state index >= 15 is 9.13 Å². The van der Waals surface area contributed by atoms with Crippen LogP contribution in [0.25, 0.3) is 32.6 Å². The van der Waals surface area contributed by atoms with Crippen molar-refractivity contribution in [1.82, 2.24) is 39.4 Å². The first-order chi connectivity index (χ1) is 53.1. The summed E-state index contributed by atoms with van der Waals surface area (Å²) in [7, 11) is -9.56. The lowest BCUT2D eigenvalue weighted by atomic mass is 9.50. The summed E-state index contributed by atoms with van der Waals surface area (Å²) >= 11 is 0. The van der Waals surface area contributed by atoms with Crippen LogP contribution in [0.15, 0.2) is 116 Å². The number of anilines is 2. The van der Waals surface area contributed by atoms with Crippen LogP contribution >= 0.6 is 15.5 Å². The number of nitrogens with two attached hydrogens (primary N) is 2. The molecule has 34 heteroatoms. The van der Waals surface area contributed by atoms with E-state index in [9.17, 15) is 39.3 Å². The number of nitrogen functional groups attached to an aromatic ring is 2. The quantitative estimate of drug-likeness (QED) is 0.0192. The van der Waals surface area contributed by atoms with Crippen LogP contribution in [0, 0.1) is 39.9 Å². The summed E-state index contributed by atoms with van der Waals surface area (Å²) in [5.41, 5.74) is 8.47. The smallest absolute Gasteiger partial charge is 0.459 e. The molecule has 5 fully saturated rings. The molecule has 6 N–H and O–H groups in total. The van der Waals surface area contributed by atoms with Crippen molar-refractivity contribution in [3.63, 3.8) is 0 Å². The largest absolute Gasteiger partial charge is 0.461 e. The maximum atomic E-state index is 15.6. The molecule has 586 valence electrons. The van der Waals surface area contributed by atoms with Crippen LogP contribution in [0.1, 0.15) is 149 Å². The van der Waals surface area contributed by atoms with Gasteiger partial charge >= 0.3 is 51.3 Å². The number of carbonyl (C=O) groups excluding carboxylic acids is 6. The van der Waals surface area contributed by atoms with Crippen LogP contribution in [0.3, 0.4) is 0 Å². The number of aromatic nitrogens is 6. The zero-order valence-corrected chi connectivity index (χ0v) is 64.2. The van der Waals surface area contributed by atoms with Gasteiger partial charge < -0.3 is 58.4 Å². The van der Waals surface area contributed by atoms with Gasteiger partial charge in [-0.25, -0.2) is 28.1 Å². The van der Waals surface area contributed by atoms with Crippen molar-refractivity contribution < 1.29 is 93.9 Å². The summed E-state index contributed by atoms with van der Waals surface area (Å²) in [6.07, 6.45) is -3.85. The lowest BCUT2D eigenvalue weighted by molar-refractivity contribution is -0.173. The Hall–Kier alpha value is -10.1. The number of carbonyl (C=O) groups is 6. The Morgan fingerprint density at radius 3 is 1.58 bits per heavy atom. The summed E-state index contributed by atoms with van der Waals surface area (Å²) in [6, 6.07) is 32.2. The number of nitrogens with one attached hydrogen (secondary N) is 2. The molecule has 1 spiro atoms. The molecule has 2 saturated heterocycles. The summed E-state index contributed by atoms with van der Waals surface area (Å²) in [5, 5.41) is 40.2. The maximum absolute atomic E-state index is 15.6. The summed E-state index contributed by atoms with van der Waals surface area (Å²) in [5.74, 6) is -5.94. The number of rotatable bonds is 29. The highest BCUT2D eigenvalue weighted by atomic mass is 31.2. The highest BCUT2D eigenvalue weighted by molar-refractivity contribution is 7.52. The van der Waals surface area contributed by atoms with Crippen LogP contribution in [-0.4, -0.2) is 139 Å². The van der Waals surface area contributed by atoms with Crippen molar-refractivity contribution in [2.75, 3.05) is 24.7 Å². The number of hydrogen-bond donors (Lipinski definition) is 4. The molecule has 4 aromatic carbocycles. The molecule has 0 bridgehead atoms. The van der Waals surface area contributed by atoms with E-state index in [0.717, 1.165) is 31.0 Å². The van der Waals surface area contributed by atoms with Gasteiger partial charge in [0.2, 0.25) is 11.2 Å². The normalized spacial score (nSPS) is 26.0. The van der Waals surface area contributed by atoms with Crippen LogP contribution in [0.2, 0.25) is 0 Å². The summed E-state index contributed by atoms with van der Waals surface area (Å²) in [4.78, 5) is 91.2. The van der Waals surface area contributed by atoms with Crippen LogP contribution < -0.4 is 30.7 Å². The molecule has 111 heavy (non-hydrogen) atoms. The number of nitriles is 2. The zero-order chi connectivity index (χ0) is 78.9. The van der Waals surface area contributed by atoms with Crippen LogP contribution in [0.4, 0.5) is 11.6 Å². The molecule has 0 amide bonds. The minimum Gasteiger partial charge on any atom is -0.461 e. The predicted molar refractivity (Wildman–Crippen MR) is 397 cm³/mol. The second kappa shape index (κ2) is 32.3. The van der Waals surface area contributed by atoms with E-state index in [2.05, 4.69) is 32.4 Å². The average Bonchev–Trinajstić information content (AvgIpc) is 1.58. The monoisotopic (exact) mass is 1560 g/mol. The first-order valence-corrected chi connectivity index (χ1v) is 40.2. The third kappa shape index (κ3) is 16.1. The topological polar surface area (TPSA) is 431 Å². The van der Waals surface area contributed by atoms with E-state index in [-0.39, 0.29) is 81.7 Å². The fourth-order valence-corrected chi connectivity index (χ4v) is 18.0. The van der Waals surface area contributed by atoms with Crippen molar-refractivity contribution >= 4 is 95.5 Å². The van der Waals surface area contributed by atoms with Gasteiger partial charge in [0.1, 0.15) is 77.5 Å². The van der Waals surface area contributed by atoms with Crippen LogP contribution in [0.5, 0.6) is 11.5 Å². The van der Waals surface area contributed by atoms with Crippen molar-refractivity contribution in [1.29, 1.82) is 10.5 Å². The standard InChI is InChI=1S/C77H88N12O20P2/c1-9-62(90)102-64-58(106-76(40-78,66(64)103-63(91)10-2)60-32-30-54-68(80)82-42-83-88(54)60)38-98-111(97,109-57-29-19-23-48-21-15-17-27-53(48)57)87-46(8)74(95)101-51-36-75(37-51)34-49(35-75)70-84-69(81)55-31-33-61(89(55)85-70)77(41-79)67(105-72(93)44(5)6)65(104-71(92)43(3)4)59(107-77)39-99-110(96,86-45(7)73(94)100-50-24-12-11-13-25-50)108-56-28-18-22-47-20-14-16-26-52(47)56/h14-23,26-33,42-46,49-51,58-59,64-67H,9-13,24-25,34-39H2,1-8H3,(H,86,96)(H,87,97)(H2,80,82,83)(H2,81,84,85)/t45-,46-,49?,51?,58+,59+,64+,65+,66+,67+,75?,76-,77-,110?,111?/m0/s1. The van der Waals surface area contributed by atoms with Gasteiger partial charge in [0, 0.05) is 29.5 Å². The third-order valence-corrected chi connectivity index (χ3v) is 24.1. The van der Waals surface area contributed by atoms with Gasteiger partial charge in [-0.15, -0.1) is 0 Å². The number of fused-ring (bicyclic) bond motifs is 4. The molecular weight excluding hydrogens is 1470 g/mol. The van der Waals surface area contributed by atoms with Crippen molar-refractivity contribution in [3.8, 4) is 23.6 Å². The number of benzene rings is 4. The van der Waals surface area contributed by atoms with Gasteiger partial charge in [-0.2, -0.15) is 30.9 Å². The Bertz CT molecular complexity index is 5050. The SMILES string of the molecule is CCC(=O)O[C@H]1[C@@H](OC(=O)CC)[C@](C#N)(c2ccc3c(N)ncnn23)O[C@@H]1COP(=O)(N[C@@H](C)C(=O)OC1CC2(C1)CC(c1nc(N)c3ccc([C@]4(C#N)O[C@H](COP(=O)(N[C@@H](C)C(=O)OC5CCCCC5)Oc5cccc6ccccc56)[C@@H](OC(=O)C(C)C)[C@H]4OC(=O)C(C)C)n3n1)C2)Oc1cccc2ccccc12. The molecular formula is C77H88N12O20P2. The molecule has 3 aliphatic carbocycles. The second-order valence-corrected chi connectivity index (χ2v) is 32.8.